The van der Waals surface area contributed by atoms with E-state index in [0.717, 1.165) is 0 Å². The summed E-state index contributed by atoms with van der Waals surface area (Å²) >= 11 is 0. The van der Waals surface area contributed by atoms with Gasteiger partial charge >= 0.3 is 0 Å². The number of hydrogen-bond donors (Lipinski definition) is 2. The topological polar surface area (TPSA) is 151 Å². The van der Waals surface area contributed by atoms with Crippen molar-refractivity contribution in [3.05, 3.63) is 57.5 Å². The monoisotopic (exact) mass is 537 g/mol. The van der Waals surface area contributed by atoms with Gasteiger partial charge in [-0.05, 0) is 30.5 Å². The van der Waals surface area contributed by atoms with Crippen LogP contribution in [0.1, 0.15) is 40.8 Å². The van der Waals surface area contributed by atoms with Crippen LogP contribution in [-0.2, 0) is 32.6 Å². The summed E-state index contributed by atoms with van der Waals surface area (Å²) in [5.41, 5.74) is -0.746. The molecule has 1 saturated heterocycles. The highest BCUT2D eigenvalue weighted by Gasteiger charge is 2.35. The molecule has 1 fully saturated rings. The number of amides is 2. The SMILES string of the molecule is CN(C(=O)CS(=O)(=O)N1CCOCC1)C1CCCn2c1nc(C(=O)NCc1ccc(F)cc1)c(O)c2=O. The third-order valence-corrected chi connectivity index (χ3v) is 8.21. The van der Waals surface area contributed by atoms with Gasteiger partial charge in [0.2, 0.25) is 21.7 Å². The molecule has 14 heteroatoms. The number of benzene rings is 1. The molecule has 1 aromatic heterocycles. The van der Waals surface area contributed by atoms with Crippen LogP contribution >= 0.6 is 0 Å². The standard InChI is InChI=1S/C23H28FN5O7S/c1-27(18(30)14-37(34,35)28-9-11-36-12-10-28)17-3-2-8-29-21(17)26-19(20(31)23(29)33)22(32)25-13-15-4-6-16(24)7-5-15/h4-7,17,31H,2-3,8-14H2,1H3,(H,25,32). The predicted molar refractivity (Wildman–Crippen MR) is 129 cm³/mol. The smallest absolute Gasteiger partial charge is 0.296 e. The van der Waals surface area contributed by atoms with Crippen LogP contribution in [0, 0.1) is 5.82 Å². The van der Waals surface area contributed by atoms with Crippen LogP contribution in [0.5, 0.6) is 5.75 Å². The summed E-state index contributed by atoms with van der Waals surface area (Å²) in [5, 5.41) is 12.9. The van der Waals surface area contributed by atoms with Gasteiger partial charge in [-0.3, -0.25) is 19.0 Å². The quantitative estimate of drug-likeness (QED) is 0.500. The molecule has 0 saturated carbocycles. The van der Waals surface area contributed by atoms with Gasteiger partial charge in [0.15, 0.2) is 5.69 Å². The lowest BCUT2D eigenvalue weighted by Gasteiger charge is -2.33. The maximum atomic E-state index is 13.1. The molecule has 0 radical (unpaired) electrons. The van der Waals surface area contributed by atoms with E-state index < -0.39 is 56.5 Å². The summed E-state index contributed by atoms with van der Waals surface area (Å²) in [4.78, 5) is 44.1. The summed E-state index contributed by atoms with van der Waals surface area (Å²) in [5.74, 6) is -3.44. The molecule has 0 bridgehead atoms. The predicted octanol–water partition coefficient (Wildman–Crippen LogP) is -0.0267. The van der Waals surface area contributed by atoms with E-state index in [4.69, 9.17) is 4.74 Å². The molecule has 200 valence electrons. The summed E-state index contributed by atoms with van der Waals surface area (Å²) in [6, 6.07) is 4.65. The van der Waals surface area contributed by atoms with Crippen molar-refractivity contribution in [2.75, 3.05) is 39.1 Å². The van der Waals surface area contributed by atoms with Crippen LogP contribution in [0.15, 0.2) is 29.1 Å². The lowest BCUT2D eigenvalue weighted by atomic mass is 10.0. The zero-order chi connectivity index (χ0) is 26.7. The van der Waals surface area contributed by atoms with Gasteiger partial charge in [0.25, 0.3) is 11.5 Å². The van der Waals surface area contributed by atoms with Crippen molar-refractivity contribution in [3.8, 4) is 5.75 Å². The Morgan fingerprint density at radius 2 is 1.89 bits per heavy atom. The molecule has 0 spiro atoms. The maximum Gasteiger partial charge on any atom is 0.296 e. The number of rotatable bonds is 7. The zero-order valence-corrected chi connectivity index (χ0v) is 21.0. The molecular weight excluding hydrogens is 509 g/mol. The van der Waals surface area contributed by atoms with Crippen molar-refractivity contribution in [1.82, 2.24) is 24.1 Å². The third kappa shape index (κ3) is 5.81. The van der Waals surface area contributed by atoms with Gasteiger partial charge in [0, 0.05) is 33.2 Å². The number of nitrogens with one attached hydrogen (secondary N) is 1. The molecule has 0 aliphatic carbocycles. The molecule has 3 heterocycles. The Morgan fingerprint density at radius 3 is 2.57 bits per heavy atom. The largest absolute Gasteiger partial charge is 0.501 e. The number of ether oxygens (including phenoxy) is 1. The molecular formula is C23H28FN5O7S. The highest BCUT2D eigenvalue weighted by molar-refractivity contribution is 7.89. The number of nitrogens with zero attached hydrogens (tertiary/aromatic N) is 4. The van der Waals surface area contributed by atoms with Crippen molar-refractivity contribution < 1.29 is 32.2 Å². The van der Waals surface area contributed by atoms with E-state index in [1.807, 2.05) is 0 Å². The number of fused-ring (bicyclic) bond motifs is 1. The summed E-state index contributed by atoms with van der Waals surface area (Å²) in [6.07, 6.45) is 0.857. The Kier molecular flexibility index (Phi) is 7.90. The van der Waals surface area contributed by atoms with Gasteiger partial charge < -0.3 is 20.1 Å². The van der Waals surface area contributed by atoms with Gasteiger partial charge in [0.1, 0.15) is 17.4 Å². The number of halogens is 1. The third-order valence-electron chi connectivity index (χ3n) is 6.44. The second kappa shape index (κ2) is 10.9. The summed E-state index contributed by atoms with van der Waals surface area (Å²) in [6.45, 7) is 1.05. The van der Waals surface area contributed by atoms with Gasteiger partial charge in [-0.15, -0.1) is 0 Å². The Hall–Kier alpha value is -3.36. The van der Waals surface area contributed by atoms with Crippen LogP contribution in [0.2, 0.25) is 0 Å². The lowest BCUT2D eigenvalue weighted by molar-refractivity contribution is -0.130. The number of aromatic hydroxyl groups is 1. The van der Waals surface area contributed by atoms with E-state index in [2.05, 4.69) is 10.3 Å². The first-order valence-corrected chi connectivity index (χ1v) is 13.4. The Morgan fingerprint density at radius 1 is 1.22 bits per heavy atom. The molecule has 2 aliphatic heterocycles. The fourth-order valence-electron chi connectivity index (χ4n) is 4.34. The molecule has 1 atom stereocenters. The highest BCUT2D eigenvalue weighted by Crippen LogP contribution is 2.29. The van der Waals surface area contributed by atoms with Crippen LogP contribution in [0.3, 0.4) is 0 Å². The minimum atomic E-state index is -3.87. The average molecular weight is 538 g/mol. The van der Waals surface area contributed by atoms with E-state index >= 15 is 0 Å². The summed E-state index contributed by atoms with van der Waals surface area (Å²) in [7, 11) is -2.45. The minimum Gasteiger partial charge on any atom is -0.501 e. The van der Waals surface area contributed by atoms with Crippen molar-refractivity contribution in [3.63, 3.8) is 0 Å². The maximum absolute atomic E-state index is 13.1. The molecule has 1 aromatic carbocycles. The van der Waals surface area contributed by atoms with Gasteiger partial charge in [-0.2, -0.15) is 4.31 Å². The van der Waals surface area contributed by atoms with E-state index in [1.54, 1.807) is 0 Å². The Bertz CT molecular complexity index is 1340. The normalized spacial score (nSPS) is 18.2. The lowest BCUT2D eigenvalue weighted by Crippen LogP contribution is -2.46. The van der Waals surface area contributed by atoms with Gasteiger partial charge in [0.05, 0.1) is 19.3 Å². The number of morpholine rings is 1. The van der Waals surface area contributed by atoms with E-state index in [-0.39, 0.29) is 45.2 Å². The molecule has 12 nitrogen and oxygen atoms in total. The van der Waals surface area contributed by atoms with Crippen LogP contribution in [0.25, 0.3) is 0 Å². The van der Waals surface area contributed by atoms with Crippen molar-refractivity contribution in [2.45, 2.75) is 32.0 Å². The molecule has 37 heavy (non-hydrogen) atoms. The van der Waals surface area contributed by atoms with E-state index in [1.165, 1.54) is 45.1 Å². The zero-order valence-electron chi connectivity index (χ0n) is 20.2. The first-order chi connectivity index (χ1) is 17.6. The fourth-order valence-corrected chi connectivity index (χ4v) is 5.75. The van der Waals surface area contributed by atoms with E-state index in [9.17, 15) is 32.3 Å². The summed E-state index contributed by atoms with van der Waals surface area (Å²) < 4.78 is 46.1. The molecule has 1 unspecified atom stereocenters. The highest BCUT2D eigenvalue weighted by atomic mass is 32.2. The Labute approximate surface area is 212 Å². The van der Waals surface area contributed by atoms with E-state index in [0.29, 0.717) is 18.4 Å². The molecule has 4 rings (SSSR count). The van der Waals surface area contributed by atoms with Gasteiger partial charge in [-0.1, -0.05) is 12.1 Å². The van der Waals surface area contributed by atoms with Crippen LogP contribution < -0.4 is 10.9 Å². The Balaban J connectivity index is 1.55. The average Bonchev–Trinajstić information content (AvgIpc) is 2.89. The molecule has 2 N–H and O–H groups in total. The number of hydrogen-bond acceptors (Lipinski definition) is 8. The first-order valence-electron chi connectivity index (χ1n) is 11.8. The van der Waals surface area contributed by atoms with Gasteiger partial charge in [-0.25, -0.2) is 17.8 Å². The second-order valence-electron chi connectivity index (χ2n) is 8.86. The number of sulfonamides is 1. The number of carbonyl (C=O) groups is 2. The number of aromatic nitrogens is 2. The van der Waals surface area contributed by atoms with Crippen molar-refractivity contribution in [2.24, 2.45) is 0 Å². The molecule has 2 aliphatic rings. The van der Waals surface area contributed by atoms with Crippen molar-refractivity contribution in [1.29, 1.82) is 0 Å². The van der Waals surface area contributed by atoms with Crippen molar-refractivity contribution >= 4 is 21.8 Å². The first kappa shape index (κ1) is 26.7. The fraction of sp³-hybridized carbons (Fsp3) is 0.478. The second-order valence-corrected chi connectivity index (χ2v) is 10.8. The van der Waals surface area contributed by atoms with Crippen LogP contribution in [-0.4, -0.2) is 83.2 Å². The molecule has 2 aromatic rings. The molecule has 2 amide bonds. The van der Waals surface area contributed by atoms with Crippen LogP contribution in [0.4, 0.5) is 4.39 Å². The number of carbonyl (C=O) groups excluding carboxylic acids is 2. The minimum absolute atomic E-state index is 0.000131.